The first-order valence-electron chi connectivity index (χ1n) is 8.82. The number of hydrogen-bond donors (Lipinski definition) is 0. The lowest BCUT2D eigenvalue weighted by Gasteiger charge is -2.16. The Labute approximate surface area is 162 Å². The van der Waals surface area contributed by atoms with Gasteiger partial charge in [0.05, 0.1) is 27.4 Å². The molecule has 0 fully saturated rings. The first kappa shape index (κ1) is 21.0. The number of aryl methyl sites for hydroxylation is 1. The van der Waals surface area contributed by atoms with Gasteiger partial charge in [0, 0.05) is 12.1 Å². The number of benzene rings is 2. The maximum absolute atomic E-state index is 13.0. The third-order valence-electron chi connectivity index (χ3n) is 4.30. The van der Waals surface area contributed by atoms with Gasteiger partial charge in [-0.1, -0.05) is 13.0 Å². The van der Waals surface area contributed by atoms with E-state index in [0.29, 0.717) is 22.8 Å². The van der Waals surface area contributed by atoms with Gasteiger partial charge in [0.25, 0.3) is 0 Å². The predicted octanol–water partition coefficient (Wildman–Crippen LogP) is 4.34. The average molecular weight is 390 g/mol. The van der Waals surface area contributed by atoms with Gasteiger partial charge in [0.2, 0.25) is 0 Å². The van der Waals surface area contributed by atoms with Gasteiger partial charge in [0.15, 0.2) is 5.52 Å². The largest absolute Gasteiger partial charge is 0.496 e. The second-order valence-corrected chi connectivity index (χ2v) is 7.42. The number of carbonyl (C=O) groups is 1. The Balaban J connectivity index is 2.29. The lowest BCUT2D eigenvalue weighted by atomic mass is 10.2. The second-order valence-electron chi connectivity index (χ2n) is 6.17. The first-order valence-corrected chi connectivity index (χ1v) is 9.82. The van der Waals surface area contributed by atoms with Gasteiger partial charge in [0.1, 0.15) is 28.6 Å². The fraction of sp³-hybridized carbons (Fsp3) is 0.381. The Morgan fingerprint density at radius 1 is 1.00 bits per heavy atom. The topological polar surface area (TPSA) is 54.0 Å². The van der Waals surface area contributed by atoms with Crippen LogP contribution in [0.1, 0.15) is 36.2 Å². The molecule has 0 radical (unpaired) electrons. The molecule has 2 atom stereocenters. The van der Waals surface area contributed by atoms with Gasteiger partial charge in [-0.2, -0.15) is 0 Å². The van der Waals surface area contributed by atoms with Gasteiger partial charge in [-0.25, -0.2) is 0 Å². The van der Waals surface area contributed by atoms with Crippen molar-refractivity contribution >= 4 is 19.4 Å². The molecule has 0 aliphatic heterocycles. The minimum atomic E-state index is -0.0519. The monoisotopic (exact) mass is 390 g/mol. The van der Waals surface area contributed by atoms with Crippen molar-refractivity contribution in [2.75, 3.05) is 21.3 Å². The summed E-state index contributed by atoms with van der Waals surface area (Å²) < 4.78 is 21.9. The maximum atomic E-state index is 13.0. The molecule has 0 spiro atoms. The molecule has 0 saturated carbocycles. The van der Waals surface area contributed by atoms with E-state index in [-0.39, 0.29) is 20.2 Å². The van der Waals surface area contributed by atoms with Crippen LogP contribution in [0, 0.1) is 6.92 Å². The lowest BCUT2D eigenvalue weighted by molar-refractivity contribution is 0.108. The summed E-state index contributed by atoms with van der Waals surface area (Å²) in [4.78, 5) is 13.0. The fourth-order valence-corrected chi connectivity index (χ4v) is 3.63. The van der Waals surface area contributed by atoms with Crippen molar-refractivity contribution in [1.29, 1.82) is 0 Å². The van der Waals surface area contributed by atoms with Crippen molar-refractivity contribution in [2.24, 2.45) is 0 Å². The van der Waals surface area contributed by atoms with Crippen LogP contribution >= 0.6 is 8.58 Å². The van der Waals surface area contributed by atoms with Crippen LogP contribution in [0.3, 0.4) is 0 Å². The molecule has 2 aromatic carbocycles. The van der Waals surface area contributed by atoms with Crippen molar-refractivity contribution in [1.82, 2.24) is 0 Å². The van der Waals surface area contributed by atoms with E-state index in [1.807, 2.05) is 32.0 Å². The van der Waals surface area contributed by atoms with Gasteiger partial charge in [-0.05, 0) is 51.8 Å². The second kappa shape index (κ2) is 9.61. The molecule has 6 heteroatoms. The Hall–Kier alpha value is -2.26. The molecule has 2 rings (SSSR count). The summed E-state index contributed by atoms with van der Waals surface area (Å²) in [5.74, 6) is 2.28. The Morgan fingerprint density at radius 2 is 1.63 bits per heavy atom. The van der Waals surface area contributed by atoms with E-state index in [0.717, 1.165) is 23.0 Å². The van der Waals surface area contributed by atoms with Gasteiger partial charge in [-0.15, -0.1) is 0 Å². The summed E-state index contributed by atoms with van der Waals surface area (Å²) >= 11 is 0. The summed E-state index contributed by atoms with van der Waals surface area (Å²) in [6, 6.07) is 9.22. The van der Waals surface area contributed by atoms with Crippen molar-refractivity contribution < 1.29 is 23.7 Å². The van der Waals surface area contributed by atoms with Gasteiger partial charge < -0.3 is 18.9 Å². The van der Waals surface area contributed by atoms with E-state index in [1.54, 1.807) is 19.2 Å². The van der Waals surface area contributed by atoms with E-state index in [4.69, 9.17) is 18.9 Å². The molecule has 27 heavy (non-hydrogen) atoms. The molecule has 0 amide bonds. The highest BCUT2D eigenvalue weighted by molar-refractivity contribution is 7.66. The Bertz CT molecular complexity index is 778. The SMILES string of the molecule is CCC(C)Oc1ccc(PC(=O)c2c(OC)cc(OC)cc2OC)c(C)c1. The van der Waals surface area contributed by atoms with Gasteiger partial charge in [-0.3, -0.25) is 4.79 Å². The zero-order valence-corrected chi connectivity index (χ0v) is 17.7. The highest BCUT2D eigenvalue weighted by Crippen LogP contribution is 2.38. The van der Waals surface area contributed by atoms with E-state index in [9.17, 15) is 4.79 Å². The van der Waals surface area contributed by atoms with E-state index in [1.165, 1.54) is 14.2 Å². The summed E-state index contributed by atoms with van der Waals surface area (Å²) in [6.45, 7) is 6.11. The summed E-state index contributed by atoms with van der Waals surface area (Å²) in [6.07, 6.45) is 1.10. The average Bonchev–Trinajstić information content (AvgIpc) is 2.68. The quantitative estimate of drug-likeness (QED) is 0.596. The molecule has 0 N–H and O–H groups in total. The number of ether oxygens (including phenoxy) is 4. The molecular weight excluding hydrogens is 363 g/mol. The third kappa shape index (κ3) is 5.14. The van der Waals surface area contributed by atoms with Crippen LogP contribution in [0.4, 0.5) is 0 Å². The van der Waals surface area contributed by atoms with Crippen LogP contribution < -0.4 is 24.3 Å². The molecule has 5 nitrogen and oxygen atoms in total. The van der Waals surface area contributed by atoms with Crippen LogP contribution in [0.2, 0.25) is 0 Å². The zero-order chi connectivity index (χ0) is 20.0. The van der Waals surface area contributed by atoms with E-state index < -0.39 is 0 Å². The molecule has 2 aromatic rings. The highest BCUT2D eigenvalue weighted by Gasteiger charge is 2.21. The van der Waals surface area contributed by atoms with Crippen molar-refractivity contribution in [3.05, 3.63) is 41.5 Å². The number of rotatable bonds is 9. The maximum Gasteiger partial charge on any atom is 0.193 e. The summed E-state index contributed by atoms with van der Waals surface area (Å²) in [7, 11) is 4.56. The van der Waals surface area contributed by atoms with Crippen LogP contribution in [-0.4, -0.2) is 33.0 Å². The number of hydrogen-bond acceptors (Lipinski definition) is 5. The van der Waals surface area contributed by atoms with Crippen molar-refractivity contribution in [3.8, 4) is 23.0 Å². The Kier molecular flexibility index (Phi) is 7.49. The standard InChI is InChI=1S/C21H27O5P/c1-7-14(3)26-15-8-9-19(13(2)10-15)27-21(22)20-17(24-5)11-16(23-4)12-18(20)25-6/h8-12,14,27H,7H2,1-6H3. The highest BCUT2D eigenvalue weighted by atomic mass is 31.1. The molecule has 2 unspecified atom stereocenters. The molecule has 0 bridgehead atoms. The Morgan fingerprint density at radius 3 is 2.11 bits per heavy atom. The molecular formula is C21H27O5P. The molecule has 0 aliphatic rings. The number of carbonyl (C=O) groups excluding carboxylic acids is 1. The first-order chi connectivity index (χ1) is 12.9. The van der Waals surface area contributed by atoms with Crippen molar-refractivity contribution in [2.45, 2.75) is 33.3 Å². The summed E-state index contributed by atoms with van der Waals surface area (Å²) in [5.41, 5.74) is 1.40. The van der Waals surface area contributed by atoms with E-state index >= 15 is 0 Å². The summed E-state index contributed by atoms with van der Waals surface area (Å²) in [5, 5.41) is 0.969. The smallest absolute Gasteiger partial charge is 0.193 e. The minimum absolute atomic E-state index is 0.0509. The lowest BCUT2D eigenvalue weighted by Crippen LogP contribution is -2.12. The molecule has 0 heterocycles. The number of methoxy groups -OCH3 is 3. The van der Waals surface area contributed by atoms with Crippen molar-refractivity contribution in [3.63, 3.8) is 0 Å². The molecule has 146 valence electrons. The van der Waals surface area contributed by atoms with Gasteiger partial charge >= 0.3 is 0 Å². The van der Waals surface area contributed by atoms with Crippen LogP contribution in [0.25, 0.3) is 0 Å². The van der Waals surface area contributed by atoms with Crippen LogP contribution in [0.15, 0.2) is 30.3 Å². The third-order valence-corrected chi connectivity index (χ3v) is 5.61. The molecule has 0 aromatic heterocycles. The minimum Gasteiger partial charge on any atom is -0.496 e. The van der Waals surface area contributed by atoms with Crippen LogP contribution in [0.5, 0.6) is 23.0 Å². The fourth-order valence-electron chi connectivity index (χ4n) is 2.58. The molecule has 0 aliphatic carbocycles. The zero-order valence-electron chi connectivity index (χ0n) is 16.7. The van der Waals surface area contributed by atoms with Crippen LogP contribution in [-0.2, 0) is 0 Å². The molecule has 0 saturated heterocycles. The normalized spacial score (nSPS) is 12.1. The predicted molar refractivity (Wildman–Crippen MR) is 110 cm³/mol. The van der Waals surface area contributed by atoms with E-state index in [2.05, 4.69) is 6.92 Å².